The Labute approximate surface area is 138 Å². The van der Waals surface area contributed by atoms with Crippen molar-refractivity contribution in [1.82, 2.24) is 0 Å². The standard InChI is InChI=1S/C17H18INO2/c1-19-16-6-4-13(5-7-16)2-3-14-10-15(18)12-17(11-14)21-9-8-20/h2-7,10-12,19-20H,8-9H2,1H3/b3-2+. The summed E-state index contributed by atoms with van der Waals surface area (Å²) in [5, 5.41) is 11.9. The number of aliphatic hydroxyl groups is 1. The first-order valence-corrected chi connectivity index (χ1v) is 7.79. The summed E-state index contributed by atoms with van der Waals surface area (Å²) in [4.78, 5) is 0. The predicted molar refractivity (Wildman–Crippen MR) is 96.7 cm³/mol. The SMILES string of the molecule is CNc1ccc(/C=C/c2cc(I)cc(OCCO)c2)cc1. The van der Waals surface area contributed by atoms with E-state index in [1.807, 2.05) is 31.3 Å². The van der Waals surface area contributed by atoms with Gasteiger partial charge in [0.1, 0.15) is 12.4 Å². The summed E-state index contributed by atoms with van der Waals surface area (Å²) in [5.74, 6) is 0.779. The maximum Gasteiger partial charge on any atom is 0.121 e. The normalized spacial score (nSPS) is 10.8. The van der Waals surface area contributed by atoms with E-state index in [4.69, 9.17) is 9.84 Å². The number of benzene rings is 2. The molecule has 0 radical (unpaired) electrons. The number of hydrogen-bond donors (Lipinski definition) is 2. The van der Waals surface area contributed by atoms with Gasteiger partial charge >= 0.3 is 0 Å². The highest BCUT2D eigenvalue weighted by Gasteiger charge is 1.98. The Balaban J connectivity index is 2.13. The molecule has 110 valence electrons. The average molecular weight is 395 g/mol. The van der Waals surface area contributed by atoms with Gasteiger partial charge in [-0.2, -0.15) is 0 Å². The van der Waals surface area contributed by atoms with Gasteiger partial charge in [0.25, 0.3) is 0 Å². The molecule has 0 aliphatic carbocycles. The van der Waals surface area contributed by atoms with Crippen molar-refractivity contribution in [1.29, 1.82) is 0 Å². The van der Waals surface area contributed by atoms with Gasteiger partial charge in [-0.25, -0.2) is 0 Å². The first kappa shape index (κ1) is 15.9. The van der Waals surface area contributed by atoms with Crippen molar-refractivity contribution in [2.75, 3.05) is 25.6 Å². The second-order valence-electron chi connectivity index (χ2n) is 4.50. The molecule has 0 saturated carbocycles. The molecule has 0 heterocycles. The molecule has 3 nitrogen and oxygen atoms in total. The molecule has 21 heavy (non-hydrogen) atoms. The number of hydrogen-bond acceptors (Lipinski definition) is 3. The maximum atomic E-state index is 8.81. The van der Waals surface area contributed by atoms with Gasteiger partial charge in [0, 0.05) is 16.3 Å². The van der Waals surface area contributed by atoms with Crippen molar-refractivity contribution in [2.24, 2.45) is 0 Å². The van der Waals surface area contributed by atoms with Crippen molar-refractivity contribution in [3.63, 3.8) is 0 Å². The molecule has 4 heteroatoms. The zero-order valence-corrected chi connectivity index (χ0v) is 14.0. The molecule has 0 atom stereocenters. The van der Waals surface area contributed by atoms with Crippen molar-refractivity contribution in [3.8, 4) is 5.75 Å². The first-order valence-electron chi connectivity index (χ1n) is 6.71. The minimum Gasteiger partial charge on any atom is -0.491 e. The summed E-state index contributed by atoms with van der Waals surface area (Å²) < 4.78 is 6.57. The minimum atomic E-state index is 0.0223. The van der Waals surface area contributed by atoms with E-state index in [0.29, 0.717) is 6.61 Å². The number of nitrogens with one attached hydrogen (secondary N) is 1. The highest BCUT2D eigenvalue weighted by Crippen LogP contribution is 2.21. The Morgan fingerprint density at radius 2 is 1.81 bits per heavy atom. The van der Waals surface area contributed by atoms with Crippen molar-refractivity contribution >= 4 is 40.4 Å². The molecule has 0 bridgehead atoms. The van der Waals surface area contributed by atoms with Gasteiger partial charge in [-0.1, -0.05) is 24.3 Å². The van der Waals surface area contributed by atoms with Crippen molar-refractivity contribution in [3.05, 3.63) is 57.2 Å². The van der Waals surface area contributed by atoms with Crippen LogP contribution in [0.2, 0.25) is 0 Å². The number of rotatable bonds is 6. The third-order valence-electron chi connectivity index (χ3n) is 2.92. The monoisotopic (exact) mass is 395 g/mol. The van der Waals surface area contributed by atoms with Crippen LogP contribution in [0.4, 0.5) is 5.69 Å². The highest BCUT2D eigenvalue weighted by molar-refractivity contribution is 14.1. The molecule has 0 spiro atoms. The third kappa shape index (κ3) is 5.06. The van der Waals surface area contributed by atoms with Gasteiger partial charge in [0.05, 0.1) is 6.61 Å². The minimum absolute atomic E-state index is 0.0223. The van der Waals surface area contributed by atoms with Crippen LogP contribution in [-0.2, 0) is 0 Å². The van der Waals surface area contributed by atoms with Crippen LogP contribution in [0, 0.1) is 3.57 Å². The van der Waals surface area contributed by atoms with E-state index in [-0.39, 0.29) is 6.61 Å². The Kier molecular flexibility index (Phi) is 6.07. The number of anilines is 1. The van der Waals surface area contributed by atoms with E-state index in [1.54, 1.807) is 0 Å². The van der Waals surface area contributed by atoms with Gasteiger partial charge in [0.15, 0.2) is 0 Å². The fourth-order valence-electron chi connectivity index (χ4n) is 1.88. The zero-order chi connectivity index (χ0) is 15.1. The fraction of sp³-hybridized carbons (Fsp3) is 0.176. The topological polar surface area (TPSA) is 41.5 Å². The lowest BCUT2D eigenvalue weighted by Crippen LogP contribution is -2.01. The zero-order valence-electron chi connectivity index (χ0n) is 11.8. The van der Waals surface area contributed by atoms with E-state index in [2.05, 4.69) is 58.3 Å². The van der Waals surface area contributed by atoms with E-state index < -0.39 is 0 Å². The van der Waals surface area contributed by atoms with Crippen LogP contribution in [0.25, 0.3) is 12.2 Å². The quantitative estimate of drug-likeness (QED) is 0.577. The van der Waals surface area contributed by atoms with E-state index in [1.165, 1.54) is 0 Å². The lowest BCUT2D eigenvalue weighted by molar-refractivity contribution is 0.201. The predicted octanol–water partition coefficient (Wildman–Crippen LogP) is 3.87. The van der Waals surface area contributed by atoms with E-state index >= 15 is 0 Å². The number of ether oxygens (including phenoxy) is 1. The van der Waals surface area contributed by atoms with Crippen LogP contribution in [0.1, 0.15) is 11.1 Å². The molecule has 0 fully saturated rings. The Morgan fingerprint density at radius 3 is 2.48 bits per heavy atom. The summed E-state index contributed by atoms with van der Waals surface area (Å²) in [5.41, 5.74) is 3.32. The number of halogens is 1. The Morgan fingerprint density at radius 1 is 1.10 bits per heavy atom. The summed E-state index contributed by atoms with van der Waals surface area (Å²) in [6, 6.07) is 14.2. The summed E-state index contributed by atoms with van der Waals surface area (Å²) in [6.07, 6.45) is 4.13. The van der Waals surface area contributed by atoms with Gasteiger partial charge in [0.2, 0.25) is 0 Å². The summed E-state index contributed by atoms with van der Waals surface area (Å²) in [7, 11) is 1.91. The Hall–Kier alpha value is -1.53. The summed E-state index contributed by atoms with van der Waals surface area (Å²) >= 11 is 2.26. The summed E-state index contributed by atoms with van der Waals surface area (Å²) in [6.45, 7) is 0.336. The van der Waals surface area contributed by atoms with E-state index in [0.717, 1.165) is 26.1 Å². The lowest BCUT2D eigenvalue weighted by Gasteiger charge is -2.06. The molecule has 2 rings (SSSR count). The van der Waals surface area contributed by atoms with Crippen LogP contribution in [0.5, 0.6) is 5.75 Å². The number of aliphatic hydroxyl groups excluding tert-OH is 1. The molecule has 0 amide bonds. The smallest absolute Gasteiger partial charge is 0.121 e. The molecule has 0 saturated heterocycles. The first-order chi connectivity index (χ1) is 10.2. The second-order valence-corrected chi connectivity index (χ2v) is 5.74. The van der Waals surface area contributed by atoms with Crippen molar-refractivity contribution in [2.45, 2.75) is 0 Å². The van der Waals surface area contributed by atoms with Crippen LogP contribution >= 0.6 is 22.6 Å². The molecule has 2 aromatic rings. The van der Waals surface area contributed by atoms with Gasteiger partial charge in [-0.05, 0) is 64.0 Å². The lowest BCUT2D eigenvalue weighted by atomic mass is 10.1. The fourth-order valence-corrected chi connectivity index (χ4v) is 2.55. The molecule has 0 aromatic heterocycles. The molecule has 2 aromatic carbocycles. The largest absolute Gasteiger partial charge is 0.491 e. The van der Waals surface area contributed by atoms with Gasteiger partial charge in [-0.3, -0.25) is 0 Å². The van der Waals surface area contributed by atoms with Gasteiger partial charge in [-0.15, -0.1) is 0 Å². The van der Waals surface area contributed by atoms with Crippen molar-refractivity contribution < 1.29 is 9.84 Å². The van der Waals surface area contributed by atoms with E-state index in [9.17, 15) is 0 Å². The molecule has 2 N–H and O–H groups in total. The molecule has 0 aliphatic heterocycles. The van der Waals surface area contributed by atoms with Crippen LogP contribution < -0.4 is 10.1 Å². The van der Waals surface area contributed by atoms with Gasteiger partial charge < -0.3 is 15.2 Å². The van der Waals surface area contributed by atoms with Crippen LogP contribution in [0.3, 0.4) is 0 Å². The van der Waals surface area contributed by atoms with Crippen LogP contribution in [-0.4, -0.2) is 25.4 Å². The average Bonchev–Trinajstić information content (AvgIpc) is 2.51. The maximum absolute atomic E-state index is 8.81. The molecule has 0 unspecified atom stereocenters. The molecule has 0 aliphatic rings. The van der Waals surface area contributed by atoms with Crippen LogP contribution in [0.15, 0.2) is 42.5 Å². The molecular formula is C17H18INO2. The highest BCUT2D eigenvalue weighted by atomic mass is 127. The Bertz CT molecular complexity index is 609. The second kappa shape index (κ2) is 8.05. The third-order valence-corrected chi connectivity index (χ3v) is 3.54. The molecular weight excluding hydrogens is 377 g/mol.